The number of benzene rings is 5. The zero-order valence-electron chi connectivity index (χ0n) is 43.2. The molecular weight excluding hydrogens is 960 g/mol. The van der Waals surface area contributed by atoms with E-state index in [1.807, 2.05) is 152 Å². The Morgan fingerprint density at radius 2 is 0.743 bits per heavy atom. The molecule has 0 saturated heterocycles. The summed E-state index contributed by atoms with van der Waals surface area (Å²) >= 11 is 0. The lowest BCUT2D eigenvalue weighted by atomic mass is 9.83. The zero-order valence-corrected chi connectivity index (χ0v) is 44.1. The Balaban J connectivity index is 1.36. The molecule has 74 heavy (non-hydrogen) atoms. The Hall–Kier alpha value is -5.05. The molecule has 8 atom stereocenters. The van der Waals surface area contributed by atoms with Gasteiger partial charge in [0.1, 0.15) is 43.2 Å². The predicted octanol–water partition coefficient (Wildman–Crippen LogP) is 12.6. The summed E-state index contributed by atoms with van der Waals surface area (Å²) in [5.41, 5.74) is 4.29. The number of hydrogen-bond acceptors (Lipinski definition) is 12. The minimum Gasteiger partial charge on any atom is -0.462 e. The van der Waals surface area contributed by atoms with E-state index in [0.29, 0.717) is 12.8 Å². The average Bonchev–Trinajstić information content (AvgIpc) is 3.42. The van der Waals surface area contributed by atoms with Gasteiger partial charge < -0.3 is 38.1 Å². The van der Waals surface area contributed by atoms with Crippen LogP contribution < -0.4 is 0 Å². The normalized spacial score (nSPS) is 19.8. The molecule has 5 aromatic carbocycles. The third kappa shape index (κ3) is 20.9. The van der Waals surface area contributed by atoms with Gasteiger partial charge in [0.2, 0.25) is 0 Å². The molecule has 1 saturated carbocycles. The van der Waals surface area contributed by atoms with Gasteiger partial charge in [-0.15, -0.1) is 0 Å². The molecule has 1 aliphatic rings. The van der Waals surface area contributed by atoms with E-state index in [0.717, 1.165) is 79.2 Å². The van der Waals surface area contributed by atoms with E-state index in [1.165, 1.54) is 0 Å². The molecule has 0 aromatic heterocycles. The average molecular weight is 1040 g/mol. The van der Waals surface area contributed by atoms with Gasteiger partial charge in [-0.3, -0.25) is 18.6 Å². The maximum atomic E-state index is 14.8. The number of phosphoric ester groups is 1. The third-order valence-electron chi connectivity index (χ3n) is 12.7. The van der Waals surface area contributed by atoms with Crippen LogP contribution in [0.15, 0.2) is 152 Å². The van der Waals surface area contributed by atoms with Crippen LogP contribution in [0.2, 0.25) is 0 Å². The third-order valence-corrected chi connectivity index (χ3v) is 13.7. The minimum atomic E-state index is -5.17. The van der Waals surface area contributed by atoms with Crippen molar-refractivity contribution in [1.29, 1.82) is 0 Å². The van der Waals surface area contributed by atoms with Gasteiger partial charge in [0, 0.05) is 12.8 Å². The van der Waals surface area contributed by atoms with Crippen LogP contribution >= 0.6 is 7.82 Å². The summed E-state index contributed by atoms with van der Waals surface area (Å²) in [6, 6.07) is 48.2. The van der Waals surface area contributed by atoms with Crippen molar-refractivity contribution in [2.75, 3.05) is 13.2 Å². The van der Waals surface area contributed by atoms with E-state index >= 15 is 0 Å². The second kappa shape index (κ2) is 33.1. The Kier molecular flexibility index (Phi) is 26.0. The molecule has 14 heteroatoms. The van der Waals surface area contributed by atoms with Gasteiger partial charge in [0.15, 0.2) is 6.10 Å². The smallest absolute Gasteiger partial charge is 0.462 e. The highest BCUT2D eigenvalue weighted by Gasteiger charge is 2.57. The number of carbonyl (C=O) groups is 2. The van der Waals surface area contributed by atoms with E-state index in [2.05, 4.69) is 13.8 Å². The van der Waals surface area contributed by atoms with Gasteiger partial charge in [-0.25, -0.2) is 4.57 Å². The zero-order chi connectivity index (χ0) is 52.1. The SMILES string of the molecule is CCCCCCCC(=O)OC[C@H](COP(=O)(O)OC1[C@H](OCc2ccccc2)[C@H](OCc2ccccc2)C(OCc2ccccc2)[C@H](OCc2ccccc2)[C@H]1OCc1ccccc1)OC(=O)CCCCCCC. The number of ether oxygens (including phenoxy) is 7. The van der Waals surface area contributed by atoms with Crippen LogP contribution in [-0.4, -0.2) is 72.8 Å². The number of phosphoric acid groups is 1. The molecule has 0 bridgehead atoms. The summed E-state index contributed by atoms with van der Waals surface area (Å²) in [7, 11) is -5.17. The lowest BCUT2D eigenvalue weighted by molar-refractivity contribution is -0.280. The van der Waals surface area contributed by atoms with Crippen LogP contribution in [0.1, 0.15) is 119 Å². The number of esters is 2. The van der Waals surface area contributed by atoms with Crippen LogP contribution in [0.3, 0.4) is 0 Å². The topological polar surface area (TPSA) is 155 Å². The molecule has 0 amide bonds. The molecule has 0 aliphatic heterocycles. The number of hydrogen-bond donors (Lipinski definition) is 1. The first-order valence-electron chi connectivity index (χ1n) is 26.5. The second-order valence-electron chi connectivity index (χ2n) is 18.8. The van der Waals surface area contributed by atoms with E-state index in [9.17, 15) is 19.0 Å². The van der Waals surface area contributed by atoms with Crippen LogP contribution in [0.4, 0.5) is 0 Å². The Morgan fingerprint density at radius 3 is 1.08 bits per heavy atom. The first-order valence-corrected chi connectivity index (χ1v) is 28.0. The van der Waals surface area contributed by atoms with E-state index in [-0.39, 0.29) is 52.5 Å². The van der Waals surface area contributed by atoms with Crippen LogP contribution in [0, 0.1) is 0 Å². The molecule has 0 heterocycles. The van der Waals surface area contributed by atoms with Gasteiger partial charge in [0.05, 0.1) is 39.6 Å². The molecule has 3 unspecified atom stereocenters. The van der Waals surface area contributed by atoms with Crippen LogP contribution in [0.5, 0.6) is 0 Å². The molecule has 1 fully saturated rings. The highest BCUT2D eigenvalue weighted by atomic mass is 31.2. The molecule has 5 aromatic rings. The summed E-state index contributed by atoms with van der Waals surface area (Å²) < 4.78 is 72.9. The summed E-state index contributed by atoms with van der Waals surface area (Å²) in [4.78, 5) is 38.1. The Morgan fingerprint density at radius 1 is 0.432 bits per heavy atom. The Labute approximate surface area is 438 Å². The molecule has 0 radical (unpaired) electrons. The molecule has 1 N–H and O–H groups in total. The summed E-state index contributed by atoms with van der Waals surface area (Å²) in [5.74, 6) is -0.995. The van der Waals surface area contributed by atoms with Gasteiger partial charge in [0.25, 0.3) is 0 Å². The van der Waals surface area contributed by atoms with Gasteiger partial charge >= 0.3 is 19.8 Å². The summed E-state index contributed by atoms with van der Waals surface area (Å²) in [5, 5.41) is 0. The first kappa shape index (κ1) is 58.2. The van der Waals surface area contributed by atoms with Crippen molar-refractivity contribution in [2.24, 2.45) is 0 Å². The highest BCUT2D eigenvalue weighted by molar-refractivity contribution is 7.47. The van der Waals surface area contributed by atoms with E-state index in [1.54, 1.807) is 0 Å². The monoisotopic (exact) mass is 1040 g/mol. The lowest BCUT2D eigenvalue weighted by Crippen LogP contribution is -2.67. The molecule has 13 nitrogen and oxygen atoms in total. The molecular formula is C60H77O13P. The lowest BCUT2D eigenvalue weighted by Gasteiger charge is -2.49. The molecule has 1 aliphatic carbocycles. The number of carbonyl (C=O) groups excluding carboxylic acids is 2. The van der Waals surface area contributed by atoms with Crippen molar-refractivity contribution in [1.82, 2.24) is 0 Å². The largest absolute Gasteiger partial charge is 0.472 e. The summed E-state index contributed by atoms with van der Waals surface area (Å²) in [6.07, 6.45) is 1.76. The van der Waals surface area contributed by atoms with Crippen LogP contribution in [-0.2, 0) is 89.4 Å². The van der Waals surface area contributed by atoms with E-state index in [4.69, 9.17) is 42.2 Å². The molecule has 0 spiro atoms. The van der Waals surface area contributed by atoms with Crippen molar-refractivity contribution >= 4 is 19.8 Å². The molecule has 6 rings (SSSR count). The van der Waals surface area contributed by atoms with Crippen LogP contribution in [0.25, 0.3) is 0 Å². The fraction of sp³-hybridized carbons (Fsp3) is 0.467. The summed E-state index contributed by atoms with van der Waals surface area (Å²) in [6.45, 7) is 3.75. The van der Waals surface area contributed by atoms with Crippen molar-refractivity contribution < 1.29 is 61.3 Å². The minimum absolute atomic E-state index is 0.0555. The van der Waals surface area contributed by atoms with Gasteiger partial charge in [-0.1, -0.05) is 217 Å². The molecule has 400 valence electrons. The van der Waals surface area contributed by atoms with Gasteiger partial charge in [-0.05, 0) is 40.7 Å². The maximum Gasteiger partial charge on any atom is 0.472 e. The Bertz CT molecular complexity index is 2230. The first-order chi connectivity index (χ1) is 36.2. The number of unbranched alkanes of at least 4 members (excludes halogenated alkanes) is 8. The highest BCUT2D eigenvalue weighted by Crippen LogP contribution is 2.49. The maximum absolute atomic E-state index is 14.8. The van der Waals surface area contributed by atoms with Gasteiger partial charge in [-0.2, -0.15) is 0 Å². The number of rotatable bonds is 35. The fourth-order valence-corrected chi connectivity index (χ4v) is 9.71. The van der Waals surface area contributed by atoms with Crippen molar-refractivity contribution in [2.45, 2.75) is 167 Å². The van der Waals surface area contributed by atoms with Crippen molar-refractivity contribution in [3.05, 3.63) is 179 Å². The predicted molar refractivity (Wildman–Crippen MR) is 283 cm³/mol. The van der Waals surface area contributed by atoms with E-state index < -0.39 is 69.1 Å². The van der Waals surface area contributed by atoms with Crippen molar-refractivity contribution in [3.8, 4) is 0 Å². The standard InChI is InChI=1S/C60H77O13P/c1-3-5-7-9-26-38-53(61)65-45-52(72-54(62)39-27-10-8-6-4-2)46-71-74(63,64)73-60-58(69-43-50-34-22-14-23-35-50)56(67-41-48-30-18-12-19-31-48)55(66-40-47-28-16-11-17-29-47)57(68-42-49-32-20-13-21-33-49)59(60)70-44-51-36-24-15-25-37-51/h11-25,28-37,52,55-60H,3-10,26-27,38-46H2,1-2H3,(H,63,64)/t52-,55?,56-,57+,58-,59-,60?/m1/s1. The quantitative estimate of drug-likeness (QED) is 0.0233. The second-order valence-corrected chi connectivity index (χ2v) is 20.2. The van der Waals surface area contributed by atoms with Crippen molar-refractivity contribution in [3.63, 3.8) is 0 Å². The fourth-order valence-electron chi connectivity index (χ4n) is 8.75.